The molecule has 6 nitrogen and oxygen atoms in total. The number of aromatic nitrogens is 2. The number of rotatable bonds is 4. The lowest BCUT2D eigenvalue weighted by atomic mass is 10.3. The highest BCUT2D eigenvalue weighted by atomic mass is 32.2. The van der Waals surface area contributed by atoms with Crippen molar-refractivity contribution in [3.63, 3.8) is 0 Å². The molecular formula is C13H17N3O3S. The molecule has 108 valence electrons. The molecular weight excluding hydrogens is 278 g/mol. The molecule has 0 saturated carbocycles. The molecule has 0 bridgehead atoms. The summed E-state index contributed by atoms with van der Waals surface area (Å²) in [5.74, 6) is 0.617. The van der Waals surface area contributed by atoms with Crippen molar-refractivity contribution in [1.29, 1.82) is 5.41 Å². The van der Waals surface area contributed by atoms with Crippen molar-refractivity contribution in [2.45, 2.75) is 0 Å². The summed E-state index contributed by atoms with van der Waals surface area (Å²) in [6.07, 6.45) is 1.77. The Hall–Kier alpha value is -1.73. The lowest BCUT2D eigenvalue weighted by Crippen LogP contribution is -2.25. The SMILES string of the molecule is COCCOc1cccc2c1n(C)c(=O)n2C(=N)SC. The average Bonchev–Trinajstić information content (AvgIpc) is 2.71. The number of hydrogen-bond donors (Lipinski definition) is 1. The maximum atomic E-state index is 12.3. The highest BCUT2D eigenvalue weighted by Gasteiger charge is 2.17. The highest BCUT2D eigenvalue weighted by molar-refractivity contribution is 8.13. The van der Waals surface area contributed by atoms with Crippen LogP contribution >= 0.6 is 11.8 Å². The molecule has 0 amide bonds. The third-order valence-corrected chi connectivity index (χ3v) is 3.54. The first-order valence-corrected chi connectivity index (χ1v) is 7.29. The van der Waals surface area contributed by atoms with Crippen LogP contribution in [0.25, 0.3) is 11.0 Å². The van der Waals surface area contributed by atoms with Crippen LogP contribution in [0.5, 0.6) is 5.75 Å². The first-order valence-electron chi connectivity index (χ1n) is 6.07. The first-order chi connectivity index (χ1) is 9.61. The summed E-state index contributed by atoms with van der Waals surface area (Å²) in [4.78, 5) is 12.3. The van der Waals surface area contributed by atoms with Crippen LogP contribution in [0.15, 0.2) is 23.0 Å². The van der Waals surface area contributed by atoms with E-state index in [-0.39, 0.29) is 10.9 Å². The summed E-state index contributed by atoms with van der Waals surface area (Å²) >= 11 is 1.22. The van der Waals surface area contributed by atoms with Gasteiger partial charge in [-0.1, -0.05) is 17.8 Å². The zero-order chi connectivity index (χ0) is 14.7. The van der Waals surface area contributed by atoms with Crippen molar-refractivity contribution in [2.24, 2.45) is 7.05 Å². The first kappa shape index (κ1) is 14.7. The predicted octanol–water partition coefficient (Wildman–Crippen LogP) is 1.51. The summed E-state index contributed by atoms with van der Waals surface area (Å²) < 4.78 is 13.5. The van der Waals surface area contributed by atoms with E-state index < -0.39 is 0 Å². The predicted molar refractivity (Wildman–Crippen MR) is 81.2 cm³/mol. The summed E-state index contributed by atoms with van der Waals surface area (Å²) in [6, 6.07) is 5.43. The summed E-state index contributed by atoms with van der Waals surface area (Å²) in [6.45, 7) is 0.890. The van der Waals surface area contributed by atoms with Crippen molar-refractivity contribution in [1.82, 2.24) is 9.13 Å². The van der Waals surface area contributed by atoms with E-state index in [4.69, 9.17) is 14.9 Å². The molecule has 0 atom stereocenters. The Morgan fingerprint density at radius 2 is 2.15 bits per heavy atom. The van der Waals surface area contributed by atoms with Gasteiger partial charge in [-0.25, -0.2) is 9.36 Å². The van der Waals surface area contributed by atoms with Crippen LogP contribution in [0.4, 0.5) is 0 Å². The number of benzene rings is 1. The van der Waals surface area contributed by atoms with E-state index in [1.165, 1.54) is 20.9 Å². The van der Waals surface area contributed by atoms with Gasteiger partial charge in [0.05, 0.1) is 12.1 Å². The monoisotopic (exact) mass is 295 g/mol. The highest BCUT2D eigenvalue weighted by Crippen LogP contribution is 2.25. The minimum absolute atomic E-state index is 0.189. The molecule has 1 aromatic heterocycles. The largest absolute Gasteiger partial charge is 0.489 e. The van der Waals surface area contributed by atoms with Crippen molar-refractivity contribution >= 4 is 28.0 Å². The van der Waals surface area contributed by atoms with Crippen LogP contribution in [0.3, 0.4) is 0 Å². The van der Waals surface area contributed by atoms with E-state index in [9.17, 15) is 4.79 Å². The Bertz CT molecular complexity index is 690. The van der Waals surface area contributed by atoms with E-state index in [1.54, 1.807) is 20.4 Å². The molecule has 0 saturated heterocycles. The van der Waals surface area contributed by atoms with Crippen LogP contribution in [0.1, 0.15) is 0 Å². The second kappa shape index (κ2) is 6.15. The number of hydrogen-bond acceptors (Lipinski definition) is 5. The number of methoxy groups -OCH3 is 1. The number of para-hydroxylation sites is 1. The zero-order valence-corrected chi connectivity index (χ0v) is 12.5. The molecule has 0 aliphatic carbocycles. The summed E-state index contributed by atoms with van der Waals surface area (Å²) in [5, 5.41) is 8.09. The van der Waals surface area contributed by atoms with Crippen molar-refractivity contribution in [2.75, 3.05) is 26.6 Å². The Morgan fingerprint density at radius 1 is 1.40 bits per heavy atom. The fourth-order valence-corrected chi connectivity index (χ4v) is 2.37. The number of nitrogens with zero attached hydrogens (tertiary/aromatic N) is 2. The fourth-order valence-electron chi connectivity index (χ4n) is 2.02. The molecule has 2 aromatic rings. The van der Waals surface area contributed by atoms with Gasteiger partial charge in [0.1, 0.15) is 17.9 Å². The summed E-state index contributed by atoms with van der Waals surface area (Å²) in [5.41, 5.74) is 1.11. The van der Waals surface area contributed by atoms with Gasteiger partial charge in [0.15, 0.2) is 5.17 Å². The van der Waals surface area contributed by atoms with Gasteiger partial charge < -0.3 is 9.47 Å². The number of thioether (sulfide) groups is 1. The van der Waals surface area contributed by atoms with Gasteiger partial charge in [-0.15, -0.1) is 0 Å². The van der Waals surface area contributed by atoms with Gasteiger partial charge in [-0.05, 0) is 18.4 Å². The van der Waals surface area contributed by atoms with Crippen molar-refractivity contribution in [3.8, 4) is 5.75 Å². The Morgan fingerprint density at radius 3 is 2.80 bits per heavy atom. The number of nitrogens with one attached hydrogen (secondary N) is 1. The second-order valence-corrected chi connectivity index (χ2v) is 4.95. The Labute approximate surface area is 120 Å². The minimum Gasteiger partial charge on any atom is -0.489 e. The van der Waals surface area contributed by atoms with Gasteiger partial charge in [0.25, 0.3) is 0 Å². The fraction of sp³-hybridized carbons (Fsp3) is 0.385. The number of fused-ring (bicyclic) bond motifs is 1. The van der Waals surface area contributed by atoms with Crippen LogP contribution in [0, 0.1) is 5.41 Å². The number of ether oxygens (including phenoxy) is 2. The number of imidazole rings is 1. The van der Waals surface area contributed by atoms with Crippen LogP contribution in [-0.2, 0) is 11.8 Å². The van der Waals surface area contributed by atoms with E-state index in [1.807, 2.05) is 18.2 Å². The quantitative estimate of drug-likeness (QED) is 0.527. The molecule has 0 aliphatic heterocycles. The minimum atomic E-state index is -0.248. The molecule has 0 aliphatic rings. The maximum absolute atomic E-state index is 12.3. The molecule has 1 N–H and O–H groups in total. The molecule has 7 heteroatoms. The molecule has 20 heavy (non-hydrogen) atoms. The molecule has 1 aromatic carbocycles. The molecule has 0 fully saturated rings. The van der Waals surface area contributed by atoms with E-state index in [0.717, 1.165) is 0 Å². The van der Waals surface area contributed by atoms with Crippen LogP contribution < -0.4 is 10.4 Å². The molecule has 0 spiro atoms. The topological polar surface area (TPSA) is 69.2 Å². The van der Waals surface area contributed by atoms with Gasteiger partial charge in [-0.2, -0.15) is 0 Å². The smallest absolute Gasteiger partial charge is 0.335 e. The van der Waals surface area contributed by atoms with Gasteiger partial charge in [0.2, 0.25) is 0 Å². The van der Waals surface area contributed by atoms with E-state index in [0.29, 0.717) is 30.0 Å². The van der Waals surface area contributed by atoms with Crippen molar-refractivity contribution < 1.29 is 9.47 Å². The molecule has 0 unspecified atom stereocenters. The normalized spacial score (nSPS) is 10.9. The van der Waals surface area contributed by atoms with Gasteiger partial charge in [0, 0.05) is 14.2 Å². The van der Waals surface area contributed by atoms with Crippen LogP contribution in [0.2, 0.25) is 0 Å². The summed E-state index contributed by atoms with van der Waals surface area (Å²) in [7, 11) is 3.29. The molecule has 2 rings (SSSR count). The Kier molecular flexibility index (Phi) is 4.51. The standard InChI is InChI=1S/C13H17N3O3S/c1-15-11-9(16(13(15)17)12(14)20-3)5-4-6-10(11)19-8-7-18-2/h4-6,14H,7-8H2,1-3H3. The van der Waals surface area contributed by atoms with E-state index in [2.05, 4.69) is 0 Å². The molecule has 0 radical (unpaired) electrons. The van der Waals surface area contributed by atoms with Gasteiger partial charge in [-0.3, -0.25) is 9.98 Å². The Balaban J connectivity index is 2.58. The lowest BCUT2D eigenvalue weighted by molar-refractivity contribution is 0.147. The van der Waals surface area contributed by atoms with Gasteiger partial charge >= 0.3 is 5.69 Å². The average molecular weight is 295 g/mol. The third kappa shape index (κ3) is 2.46. The van der Waals surface area contributed by atoms with Crippen molar-refractivity contribution in [3.05, 3.63) is 28.7 Å². The zero-order valence-electron chi connectivity index (χ0n) is 11.7. The van der Waals surface area contributed by atoms with E-state index >= 15 is 0 Å². The maximum Gasteiger partial charge on any atom is 0.335 e. The molecule has 1 heterocycles. The third-order valence-electron chi connectivity index (χ3n) is 2.97. The number of aryl methyl sites for hydroxylation is 1. The second-order valence-electron chi connectivity index (χ2n) is 4.15. The lowest BCUT2D eigenvalue weighted by Gasteiger charge is -2.08. The van der Waals surface area contributed by atoms with Crippen LogP contribution in [-0.4, -0.2) is 40.9 Å².